The van der Waals surface area contributed by atoms with Gasteiger partial charge in [0.2, 0.25) is 5.91 Å². The van der Waals surface area contributed by atoms with Gasteiger partial charge in [-0.2, -0.15) is 0 Å². The maximum absolute atomic E-state index is 11.9. The number of carbonyl (C=O) groups excluding carboxylic acids is 1. The van der Waals surface area contributed by atoms with Crippen LogP contribution in [-0.2, 0) is 15.3 Å². The molecule has 1 rings (SSSR count). The van der Waals surface area contributed by atoms with Gasteiger partial charge >= 0.3 is 5.97 Å². The van der Waals surface area contributed by atoms with Crippen molar-refractivity contribution < 1.29 is 14.7 Å². The molecule has 0 saturated heterocycles. The van der Waals surface area contributed by atoms with Gasteiger partial charge in [-0.25, -0.2) is 4.79 Å². The highest BCUT2D eigenvalue weighted by molar-refractivity contribution is 7.99. The summed E-state index contributed by atoms with van der Waals surface area (Å²) in [4.78, 5) is 23.0. The minimum atomic E-state index is -1.00. The van der Waals surface area contributed by atoms with Crippen LogP contribution in [0.3, 0.4) is 0 Å². The molecule has 0 aromatic heterocycles. The summed E-state index contributed by atoms with van der Waals surface area (Å²) in [6.07, 6.45) is 0. The van der Waals surface area contributed by atoms with Crippen LogP contribution < -0.4 is 5.32 Å². The topological polar surface area (TPSA) is 66.4 Å². The smallest absolute Gasteiger partial charge is 0.326 e. The number of rotatable bonds is 6. The highest BCUT2D eigenvalue weighted by Crippen LogP contribution is 2.20. The molecule has 116 valence electrons. The fourth-order valence-corrected chi connectivity index (χ4v) is 2.60. The first kappa shape index (κ1) is 17.6. The molecular formula is C16H23NO3S. The third kappa shape index (κ3) is 6.21. The fraction of sp³-hybridized carbons (Fsp3) is 0.500. The average Bonchev–Trinajstić information content (AvgIpc) is 2.36. The summed E-state index contributed by atoms with van der Waals surface area (Å²) in [5.74, 6) is -0.247. The predicted molar refractivity (Wildman–Crippen MR) is 86.4 cm³/mol. The highest BCUT2D eigenvalue weighted by atomic mass is 32.2. The van der Waals surface area contributed by atoms with Crippen LogP contribution in [0.25, 0.3) is 0 Å². The van der Waals surface area contributed by atoms with Crippen LogP contribution in [0.2, 0.25) is 0 Å². The van der Waals surface area contributed by atoms with Crippen molar-refractivity contribution in [3.05, 3.63) is 35.4 Å². The summed E-state index contributed by atoms with van der Waals surface area (Å²) < 4.78 is 0. The second-order valence-corrected chi connectivity index (χ2v) is 7.17. The van der Waals surface area contributed by atoms with Gasteiger partial charge < -0.3 is 10.4 Å². The van der Waals surface area contributed by atoms with Crippen molar-refractivity contribution in [2.45, 2.75) is 39.5 Å². The van der Waals surface area contributed by atoms with Crippen LogP contribution in [0.4, 0.5) is 0 Å². The van der Waals surface area contributed by atoms with Crippen molar-refractivity contribution in [2.24, 2.45) is 5.41 Å². The van der Waals surface area contributed by atoms with Gasteiger partial charge in [-0.1, -0.05) is 50.6 Å². The highest BCUT2D eigenvalue weighted by Gasteiger charge is 2.32. The van der Waals surface area contributed by atoms with Gasteiger partial charge in [0, 0.05) is 5.75 Å². The molecule has 0 aliphatic carbocycles. The minimum absolute atomic E-state index is 0.241. The molecule has 0 aliphatic rings. The molecule has 1 aromatic carbocycles. The molecule has 0 heterocycles. The number of carboxylic acids is 1. The van der Waals surface area contributed by atoms with Crippen molar-refractivity contribution >= 4 is 23.6 Å². The Labute approximate surface area is 130 Å². The van der Waals surface area contributed by atoms with Gasteiger partial charge in [-0.05, 0) is 17.9 Å². The minimum Gasteiger partial charge on any atom is -0.480 e. The number of thioether (sulfide) groups is 1. The van der Waals surface area contributed by atoms with Crippen LogP contribution in [0.15, 0.2) is 24.3 Å². The Morgan fingerprint density at radius 2 is 1.81 bits per heavy atom. The van der Waals surface area contributed by atoms with Gasteiger partial charge in [0.1, 0.15) is 6.04 Å². The molecular weight excluding hydrogens is 286 g/mol. The standard InChI is InChI=1S/C16H23NO3S/c1-11-5-7-12(8-6-11)9-21-10-13(18)17-14(15(19)20)16(2,3)4/h5-8,14H,9-10H2,1-4H3,(H,17,18)(H,19,20)/t14-/m0/s1. The Kier molecular flexibility index (Phi) is 6.27. The number of nitrogens with one attached hydrogen (secondary N) is 1. The lowest BCUT2D eigenvalue weighted by Gasteiger charge is -2.27. The summed E-state index contributed by atoms with van der Waals surface area (Å²) in [5.41, 5.74) is 1.85. The summed E-state index contributed by atoms with van der Waals surface area (Å²) in [6, 6.07) is 7.28. The van der Waals surface area contributed by atoms with Gasteiger partial charge in [0.25, 0.3) is 0 Å². The van der Waals surface area contributed by atoms with Crippen LogP contribution in [0.1, 0.15) is 31.9 Å². The molecule has 0 fully saturated rings. The van der Waals surface area contributed by atoms with E-state index in [0.717, 1.165) is 11.3 Å². The number of hydrogen-bond donors (Lipinski definition) is 2. The summed E-state index contributed by atoms with van der Waals surface area (Å²) in [6.45, 7) is 7.42. The zero-order valence-electron chi connectivity index (χ0n) is 13.0. The SMILES string of the molecule is Cc1ccc(CSCC(=O)N[C@@H](C(=O)O)C(C)(C)C)cc1. The van der Waals surface area contributed by atoms with E-state index in [1.807, 2.05) is 31.2 Å². The lowest BCUT2D eigenvalue weighted by atomic mass is 9.87. The van der Waals surface area contributed by atoms with E-state index in [-0.39, 0.29) is 11.7 Å². The molecule has 1 amide bonds. The number of carboxylic acid groups (broad SMARTS) is 1. The third-order valence-corrected chi connectivity index (χ3v) is 4.04. The van der Waals surface area contributed by atoms with Crippen molar-refractivity contribution in [1.29, 1.82) is 0 Å². The first-order valence-corrected chi connectivity index (χ1v) is 8.01. The van der Waals surface area contributed by atoms with Crippen molar-refractivity contribution in [2.75, 3.05) is 5.75 Å². The quantitative estimate of drug-likeness (QED) is 0.848. The summed E-state index contributed by atoms with van der Waals surface area (Å²) in [7, 11) is 0. The van der Waals surface area contributed by atoms with E-state index in [0.29, 0.717) is 0 Å². The number of benzene rings is 1. The van der Waals surface area contributed by atoms with E-state index in [2.05, 4.69) is 5.32 Å². The molecule has 5 heteroatoms. The van der Waals surface area contributed by atoms with Crippen molar-refractivity contribution in [1.82, 2.24) is 5.32 Å². The molecule has 0 spiro atoms. The van der Waals surface area contributed by atoms with Gasteiger partial charge in [-0.15, -0.1) is 11.8 Å². The Balaban J connectivity index is 2.43. The number of aryl methyl sites for hydroxylation is 1. The Morgan fingerprint density at radius 3 is 2.29 bits per heavy atom. The summed E-state index contributed by atoms with van der Waals surface area (Å²) in [5, 5.41) is 11.8. The average molecular weight is 309 g/mol. The predicted octanol–water partition coefficient (Wildman–Crippen LogP) is 2.84. The Morgan fingerprint density at radius 1 is 1.24 bits per heavy atom. The Bertz CT molecular complexity index is 491. The van der Waals surface area contributed by atoms with E-state index >= 15 is 0 Å². The maximum atomic E-state index is 11.9. The lowest BCUT2D eigenvalue weighted by molar-refractivity contribution is -0.144. The summed E-state index contributed by atoms with van der Waals surface area (Å²) >= 11 is 1.48. The van der Waals surface area contributed by atoms with E-state index in [9.17, 15) is 9.59 Å². The number of carbonyl (C=O) groups is 2. The van der Waals surface area contributed by atoms with Gasteiger partial charge in [0.05, 0.1) is 5.75 Å². The second-order valence-electron chi connectivity index (χ2n) is 6.18. The molecule has 0 radical (unpaired) electrons. The van der Waals surface area contributed by atoms with Crippen LogP contribution in [0.5, 0.6) is 0 Å². The second kappa shape index (κ2) is 7.50. The van der Waals surface area contributed by atoms with Crippen LogP contribution >= 0.6 is 11.8 Å². The molecule has 0 saturated carbocycles. The third-order valence-electron chi connectivity index (χ3n) is 3.04. The molecule has 0 aliphatic heterocycles. The van der Waals surface area contributed by atoms with Crippen LogP contribution in [0, 0.1) is 12.3 Å². The number of hydrogen-bond acceptors (Lipinski definition) is 3. The largest absolute Gasteiger partial charge is 0.480 e. The van der Waals surface area contributed by atoms with Crippen molar-refractivity contribution in [3.63, 3.8) is 0 Å². The Hall–Kier alpha value is -1.49. The fourth-order valence-electron chi connectivity index (χ4n) is 1.80. The van der Waals surface area contributed by atoms with Gasteiger partial charge in [-0.3, -0.25) is 4.79 Å². The van der Waals surface area contributed by atoms with Crippen LogP contribution in [-0.4, -0.2) is 28.8 Å². The monoisotopic (exact) mass is 309 g/mol. The first-order valence-electron chi connectivity index (χ1n) is 6.85. The normalized spacial score (nSPS) is 12.8. The first-order chi connectivity index (χ1) is 9.70. The maximum Gasteiger partial charge on any atom is 0.326 e. The van der Waals surface area contributed by atoms with E-state index < -0.39 is 17.4 Å². The lowest BCUT2D eigenvalue weighted by Crippen LogP contribution is -2.49. The number of amides is 1. The molecule has 1 aromatic rings. The van der Waals surface area contributed by atoms with Crippen molar-refractivity contribution in [3.8, 4) is 0 Å². The molecule has 1 atom stereocenters. The zero-order chi connectivity index (χ0) is 16.0. The molecule has 2 N–H and O–H groups in total. The van der Waals surface area contributed by atoms with Gasteiger partial charge in [0.15, 0.2) is 0 Å². The molecule has 0 bridgehead atoms. The molecule has 0 unspecified atom stereocenters. The van der Waals surface area contributed by atoms with E-state index in [4.69, 9.17) is 5.11 Å². The number of aliphatic carboxylic acids is 1. The van der Waals surface area contributed by atoms with E-state index in [1.54, 1.807) is 20.8 Å². The molecule has 21 heavy (non-hydrogen) atoms. The zero-order valence-corrected chi connectivity index (χ0v) is 13.8. The molecule has 4 nitrogen and oxygen atoms in total. The van der Waals surface area contributed by atoms with E-state index in [1.165, 1.54) is 17.3 Å².